The van der Waals surface area contributed by atoms with Crippen LogP contribution in [0.3, 0.4) is 0 Å². The van der Waals surface area contributed by atoms with E-state index in [0.29, 0.717) is 18.7 Å². The molecule has 0 amide bonds. The summed E-state index contributed by atoms with van der Waals surface area (Å²) in [7, 11) is 1.92. The van der Waals surface area contributed by atoms with Crippen molar-refractivity contribution in [2.24, 2.45) is 0 Å². The fraction of sp³-hybridized carbons (Fsp3) is 0.538. The maximum atomic E-state index is 13.4. The zero-order valence-corrected chi connectivity index (χ0v) is 9.62. The highest BCUT2D eigenvalue weighted by atomic mass is 19.1. The molecule has 0 aliphatic heterocycles. The van der Waals surface area contributed by atoms with Crippen LogP contribution in [0.5, 0.6) is 0 Å². The van der Waals surface area contributed by atoms with Crippen LogP contribution in [-0.2, 0) is 6.54 Å². The molecule has 0 saturated heterocycles. The summed E-state index contributed by atoms with van der Waals surface area (Å²) in [5.41, 5.74) is 0.160. The molecule has 0 heterocycles. The van der Waals surface area contributed by atoms with Gasteiger partial charge in [-0.1, -0.05) is 18.2 Å². The van der Waals surface area contributed by atoms with E-state index in [1.54, 1.807) is 12.1 Å². The van der Waals surface area contributed by atoms with Crippen molar-refractivity contribution in [2.45, 2.75) is 31.4 Å². The van der Waals surface area contributed by atoms with Gasteiger partial charge in [0, 0.05) is 18.7 Å². The molecule has 1 aromatic carbocycles. The van der Waals surface area contributed by atoms with Gasteiger partial charge < -0.3 is 5.11 Å². The lowest BCUT2D eigenvalue weighted by molar-refractivity contribution is -0.0557. The Balaban J connectivity index is 1.92. The van der Waals surface area contributed by atoms with E-state index in [9.17, 15) is 9.50 Å². The first-order valence-corrected chi connectivity index (χ1v) is 5.73. The molecule has 0 bridgehead atoms. The van der Waals surface area contributed by atoms with Crippen molar-refractivity contribution in [2.75, 3.05) is 13.6 Å². The Morgan fingerprint density at radius 2 is 2.06 bits per heavy atom. The van der Waals surface area contributed by atoms with Gasteiger partial charge in [-0.2, -0.15) is 0 Å². The summed E-state index contributed by atoms with van der Waals surface area (Å²) in [5.74, 6) is -0.171. The molecule has 0 unspecified atom stereocenters. The molecule has 2 nitrogen and oxygen atoms in total. The number of likely N-dealkylation sites (N-methyl/N-ethyl adjacent to an activating group) is 1. The second-order valence-corrected chi connectivity index (χ2v) is 4.84. The van der Waals surface area contributed by atoms with E-state index in [4.69, 9.17) is 0 Å². The van der Waals surface area contributed by atoms with E-state index in [1.165, 1.54) is 6.07 Å². The Morgan fingerprint density at radius 3 is 2.62 bits per heavy atom. The number of benzene rings is 1. The average Bonchev–Trinajstić information content (AvgIpc) is 2.19. The van der Waals surface area contributed by atoms with Crippen LogP contribution < -0.4 is 0 Å². The molecule has 16 heavy (non-hydrogen) atoms. The molecule has 1 aliphatic carbocycles. The quantitative estimate of drug-likeness (QED) is 0.845. The molecule has 1 aromatic rings. The van der Waals surface area contributed by atoms with Gasteiger partial charge in [0.1, 0.15) is 5.82 Å². The van der Waals surface area contributed by atoms with Gasteiger partial charge in [0.25, 0.3) is 0 Å². The lowest BCUT2D eigenvalue weighted by atomic mass is 9.80. The average molecular weight is 223 g/mol. The normalized spacial score (nSPS) is 18.5. The van der Waals surface area contributed by atoms with Crippen molar-refractivity contribution >= 4 is 0 Å². The molecule has 0 radical (unpaired) electrons. The Hall–Kier alpha value is -0.930. The van der Waals surface area contributed by atoms with Crippen molar-refractivity contribution < 1.29 is 9.50 Å². The Bertz CT molecular complexity index is 363. The van der Waals surface area contributed by atoms with Gasteiger partial charge in [-0.15, -0.1) is 0 Å². The monoisotopic (exact) mass is 223 g/mol. The van der Waals surface area contributed by atoms with Crippen LogP contribution in [0.25, 0.3) is 0 Å². The third-order valence-corrected chi connectivity index (χ3v) is 3.25. The summed E-state index contributed by atoms with van der Waals surface area (Å²) >= 11 is 0. The third kappa shape index (κ3) is 2.60. The van der Waals surface area contributed by atoms with Crippen molar-refractivity contribution in [3.05, 3.63) is 35.6 Å². The van der Waals surface area contributed by atoms with Crippen LogP contribution in [0.15, 0.2) is 24.3 Å². The number of aliphatic hydroxyl groups is 1. The molecule has 1 aliphatic rings. The van der Waals surface area contributed by atoms with Crippen LogP contribution in [0, 0.1) is 5.82 Å². The molecule has 0 atom stereocenters. The SMILES string of the molecule is CN(Cc1ccccc1F)CC1(O)CCC1. The fourth-order valence-electron chi connectivity index (χ4n) is 2.22. The Labute approximate surface area is 95.7 Å². The topological polar surface area (TPSA) is 23.5 Å². The van der Waals surface area contributed by atoms with Crippen LogP contribution in [0.4, 0.5) is 4.39 Å². The molecular formula is C13H18FNO. The predicted octanol–water partition coefficient (Wildman–Crippen LogP) is 2.17. The zero-order valence-electron chi connectivity index (χ0n) is 9.62. The summed E-state index contributed by atoms with van der Waals surface area (Å²) in [6, 6.07) is 6.79. The standard InChI is InChI=1S/C13H18FNO/c1-15(10-13(16)7-4-8-13)9-11-5-2-3-6-12(11)14/h2-3,5-6,16H,4,7-10H2,1H3. The number of rotatable bonds is 4. The number of hydrogen-bond acceptors (Lipinski definition) is 2. The predicted molar refractivity (Wildman–Crippen MR) is 61.5 cm³/mol. The minimum absolute atomic E-state index is 0.171. The number of nitrogens with zero attached hydrogens (tertiary/aromatic N) is 1. The Morgan fingerprint density at radius 1 is 1.38 bits per heavy atom. The summed E-state index contributed by atoms with van der Waals surface area (Å²) in [4.78, 5) is 1.98. The first kappa shape index (κ1) is 11.6. The van der Waals surface area contributed by atoms with Crippen molar-refractivity contribution in [3.63, 3.8) is 0 Å². The largest absolute Gasteiger partial charge is 0.389 e. The molecule has 0 spiro atoms. The van der Waals surface area contributed by atoms with Crippen LogP contribution in [0.1, 0.15) is 24.8 Å². The third-order valence-electron chi connectivity index (χ3n) is 3.25. The minimum Gasteiger partial charge on any atom is -0.389 e. The number of halogens is 1. The lowest BCUT2D eigenvalue weighted by Gasteiger charge is -2.39. The van der Waals surface area contributed by atoms with Gasteiger partial charge in [0.05, 0.1) is 5.60 Å². The van der Waals surface area contributed by atoms with Crippen molar-refractivity contribution in [1.82, 2.24) is 4.90 Å². The smallest absolute Gasteiger partial charge is 0.127 e. The van der Waals surface area contributed by atoms with E-state index in [0.717, 1.165) is 19.3 Å². The first-order valence-electron chi connectivity index (χ1n) is 5.73. The van der Waals surface area contributed by atoms with Crippen LogP contribution in [-0.4, -0.2) is 29.2 Å². The maximum Gasteiger partial charge on any atom is 0.127 e. The van der Waals surface area contributed by atoms with E-state index >= 15 is 0 Å². The molecular weight excluding hydrogens is 205 g/mol. The second-order valence-electron chi connectivity index (χ2n) is 4.84. The summed E-state index contributed by atoms with van der Waals surface area (Å²) in [6.07, 6.45) is 2.84. The molecule has 1 fully saturated rings. The summed E-state index contributed by atoms with van der Waals surface area (Å²) in [5, 5.41) is 9.99. The molecule has 88 valence electrons. The van der Waals surface area contributed by atoms with Crippen LogP contribution >= 0.6 is 0 Å². The molecule has 0 aromatic heterocycles. The Kier molecular flexibility index (Phi) is 3.26. The van der Waals surface area contributed by atoms with E-state index in [2.05, 4.69) is 0 Å². The van der Waals surface area contributed by atoms with Crippen molar-refractivity contribution in [3.8, 4) is 0 Å². The maximum absolute atomic E-state index is 13.4. The van der Waals surface area contributed by atoms with E-state index in [-0.39, 0.29) is 5.82 Å². The minimum atomic E-state index is -0.528. The van der Waals surface area contributed by atoms with Gasteiger partial charge in [-0.3, -0.25) is 4.90 Å². The van der Waals surface area contributed by atoms with E-state index in [1.807, 2.05) is 18.0 Å². The van der Waals surface area contributed by atoms with Gasteiger partial charge in [0.15, 0.2) is 0 Å². The highest BCUT2D eigenvalue weighted by molar-refractivity contribution is 5.17. The summed E-state index contributed by atoms with van der Waals surface area (Å²) < 4.78 is 13.4. The second kappa shape index (κ2) is 4.52. The first-order chi connectivity index (χ1) is 7.59. The highest BCUT2D eigenvalue weighted by Crippen LogP contribution is 2.32. The molecule has 1 saturated carbocycles. The molecule has 3 heteroatoms. The summed E-state index contributed by atoms with van der Waals surface area (Å²) in [6.45, 7) is 1.18. The van der Waals surface area contributed by atoms with Gasteiger partial charge in [0.2, 0.25) is 0 Å². The van der Waals surface area contributed by atoms with Crippen molar-refractivity contribution in [1.29, 1.82) is 0 Å². The van der Waals surface area contributed by atoms with E-state index < -0.39 is 5.60 Å². The van der Waals surface area contributed by atoms with Gasteiger partial charge in [-0.05, 0) is 32.4 Å². The zero-order chi connectivity index (χ0) is 11.6. The molecule has 1 N–H and O–H groups in total. The van der Waals surface area contributed by atoms with Gasteiger partial charge >= 0.3 is 0 Å². The van der Waals surface area contributed by atoms with Crippen LogP contribution in [0.2, 0.25) is 0 Å². The molecule has 2 rings (SSSR count). The lowest BCUT2D eigenvalue weighted by Crippen LogP contribution is -2.46. The number of hydrogen-bond donors (Lipinski definition) is 1. The highest BCUT2D eigenvalue weighted by Gasteiger charge is 2.35. The van der Waals surface area contributed by atoms with Gasteiger partial charge in [-0.25, -0.2) is 4.39 Å². The fourth-order valence-corrected chi connectivity index (χ4v) is 2.22.